The summed E-state index contributed by atoms with van der Waals surface area (Å²) < 4.78 is 0. The quantitative estimate of drug-likeness (QED) is 0.166. The van der Waals surface area contributed by atoms with E-state index in [2.05, 4.69) is 142 Å². The van der Waals surface area contributed by atoms with Crippen LogP contribution in [0.2, 0.25) is 0 Å². The van der Waals surface area contributed by atoms with Crippen molar-refractivity contribution in [3.63, 3.8) is 0 Å². The van der Waals surface area contributed by atoms with Crippen molar-refractivity contribution in [3.05, 3.63) is 127 Å². The molecule has 0 spiro atoms. The highest BCUT2D eigenvalue weighted by molar-refractivity contribution is 7.64. The predicted octanol–water partition coefficient (Wildman–Crippen LogP) is 10.3. The van der Waals surface area contributed by atoms with E-state index in [-0.39, 0.29) is 7.92 Å². The number of hydrogen-bond acceptors (Lipinski definition) is 0. The summed E-state index contributed by atoms with van der Waals surface area (Å²) >= 11 is 0. The van der Waals surface area contributed by atoms with Crippen molar-refractivity contribution >= 4 is 56.3 Å². The van der Waals surface area contributed by atoms with Gasteiger partial charge in [0, 0.05) is 0 Å². The van der Waals surface area contributed by atoms with E-state index >= 15 is 0 Å². The van der Waals surface area contributed by atoms with E-state index < -0.39 is 0 Å². The number of fused-ring (bicyclic) bond motifs is 4. The first kappa shape index (κ1) is 23.2. The van der Waals surface area contributed by atoms with E-state index in [9.17, 15) is 0 Å². The predicted molar refractivity (Wildman–Crippen MR) is 170 cm³/mol. The fourth-order valence-electron chi connectivity index (χ4n) is 6.08. The Bertz CT molecular complexity index is 2000. The van der Waals surface area contributed by atoms with Crippen LogP contribution in [0.4, 0.5) is 0 Å². The van der Waals surface area contributed by atoms with Crippen LogP contribution in [0.15, 0.2) is 121 Å². The molecule has 1 heteroatoms. The van der Waals surface area contributed by atoms with Crippen LogP contribution in [0.3, 0.4) is 0 Å². The van der Waals surface area contributed by atoms with Crippen LogP contribution in [-0.4, -0.2) is 13.3 Å². The fourth-order valence-corrected chi connectivity index (χ4v) is 6.84. The molecule has 0 aliphatic carbocycles. The lowest BCUT2D eigenvalue weighted by molar-refractivity contribution is 1.51. The average Bonchev–Trinajstić information content (AvgIpc) is 2.95. The van der Waals surface area contributed by atoms with Crippen LogP contribution >= 0.6 is 7.92 Å². The van der Waals surface area contributed by atoms with Gasteiger partial charge in [0.05, 0.1) is 0 Å². The zero-order valence-corrected chi connectivity index (χ0v) is 22.9. The lowest BCUT2D eigenvalue weighted by Crippen LogP contribution is -2.01. The smallest absolute Gasteiger partial charge is 0.00199 e. The Hall–Kier alpha value is -3.99. The summed E-state index contributed by atoms with van der Waals surface area (Å²) in [5, 5.41) is 11.9. The minimum atomic E-state index is -0.225. The largest absolute Gasteiger partial charge is 0.0817 e. The first-order valence-corrected chi connectivity index (χ1v) is 15.5. The number of rotatable bonds is 3. The Labute approximate surface area is 225 Å². The topological polar surface area (TPSA) is 0 Å². The van der Waals surface area contributed by atoms with E-state index in [1.807, 2.05) is 0 Å². The third-order valence-corrected chi connectivity index (χ3v) is 9.20. The van der Waals surface area contributed by atoms with Gasteiger partial charge >= 0.3 is 0 Å². The van der Waals surface area contributed by atoms with E-state index in [4.69, 9.17) is 0 Å². The van der Waals surface area contributed by atoms with Gasteiger partial charge in [-0.15, -0.1) is 0 Å². The minimum absolute atomic E-state index is 0.225. The van der Waals surface area contributed by atoms with Gasteiger partial charge in [0.1, 0.15) is 0 Å². The van der Waals surface area contributed by atoms with Crippen LogP contribution in [0.25, 0.3) is 65.3 Å². The Balaban J connectivity index is 1.73. The molecule has 0 unspecified atom stereocenters. The summed E-state index contributed by atoms with van der Waals surface area (Å²) in [6, 6.07) is 45.3. The molecule has 182 valence electrons. The average molecular weight is 505 g/mol. The highest BCUT2D eigenvalue weighted by Crippen LogP contribution is 2.47. The molecule has 0 N–H and O–H groups in total. The van der Waals surface area contributed by atoms with Gasteiger partial charge < -0.3 is 0 Å². The van der Waals surface area contributed by atoms with E-state index in [0.29, 0.717) is 0 Å². The van der Waals surface area contributed by atoms with Gasteiger partial charge in [0.2, 0.25) is 0 Å². The molecular weight excluding hydrogens is 475 g/mol. The second-order valence-electron chi connectivity index (χ2n) is 10.5. The molecule has 0 aliphatic heterocycles. The van der Waals surface area contributed by atoms with Crippen LogP contribution in [-0.2, 0) is 0 Å². The Morgan fingerprint density at radius 2 is 0.921 bits per heavy atom. The summed E-state index contributed by atoms with van der Waals surface area (Å²) in [6.07, 6.45) is 0. The van der Waals surface area contributed by atoms with Crippen LogP contribution in [0.5, 0.6) is 0 Å². The first-order valence-electron chi connectivity index (χ1n) is 13.2. The minimum Gasteiger partial charge on any atom is -0.0817 e. The summed E-state index contributed by atoms with van der Waals surface area (Å²) in [5.74, 6) is 0. The van der Waals surface area contributed by atoms with Crippen molar-refractivity contribution in [1.29, 1.82) is 0 Å². The second-order valence-corrected chi connectivity index (χ2v) is 12.8. The van der Waals surface area contributed by atoms with Gasteiger partial charge in [0.25, 0.3) is 0 Å². The number of hydrogen-bond donors (Lipinski definition) is 0. The number of benzene rings is 7. The molecular formula is C37H29P. The lowest BCUT2D eigenvalue weighted by Gasteiger charge is -2.21. The molecule has 0 radical (unpaired) electrons. The molecule has 7 rings (SSSR count). The van der Waals surface area contributed by atoms with Gasteiger partial charge in [-0.05, 0) is 97.0 Å². The molecule has 7 aromatic carbocycles. The maximum atomic E-state index is 2.48. The van der Waals surface area contributed by atoms with Crippen molar-refractivity contribution in [1.82, 2.24) is 0 Å². The Kier molecular flexibility index (Phi) is 5.54. The zero-order chi connectivity index (χ0) is 25.8. The van der Waals surface area contributed by atoms with E-state index in [0.717, 1.165) is 0 Å². The molecule has 38 heavy (non-hydrogen) atoms. The molecule has 0 bridgehead atoms. The second kappa shape index (κ2) is 9.09. The van der Waals surface area contributed by atoms with Gasteiger partial charge in [-0.3, -0.25) is 0 Å². The van der Waals surface area contributed by atoms with Gasteiger partial charge in [-0.25, -0.2) is 0 Å². The molecule has 0 saturated heterocycles. The summed E-state index contributed by atoms with van der Waals surface area (Å²) in [5.41, 5.74) is 6.57. The van der Waals surface area contributed by atoms with Gasteiger partial charge in [-0.1, -0.05) is 129 Å². The van der Waals surface area contributed by atoms with E-state index in [1.54, 1.807) is 0 Å². The van der Waals surface area contributed by atoms with Crippen molar-refractivity contribution in [2.24, 2.45) is 0 Å². The molecule has 0 nitrogen and oxygen atoms in total. The van der Waals surface area contributed by atoms with Gasteiger partial charge in [0.15, 0.2) is 0 Å². The molecule has 0 atom stereocenters. The molecule has 0 fully saturated rings. The Morgan fingerprint density at radius 1 is 0.421 bits per heavy atom. The molecule has 0 saturated carbocycles. The first-order chi connectivity index (χ1) is 18.6. The standard InChI is InChI=1S/C37H29P/c1-24-18-20-32-34(22-24)36(30-16-8-12-25-10-4-6-14-28(25)30)33-21-19-27(38(2)3)23-35(33)37(32)31-17-9-13-26-11-5-7-15-29(26)31/h4-23H,1-3H3. The van der Waals surface area contributed by atoms with Crippen molar-refractivity contribution in [2.75, 3.05) is 13.3 Å². The maximum absolute atomic E-state index is 2.48. The summed E-state index contributed by atoms with van der Waals surface area (Å²) in [7, 11) is -0.225. The molecule has 0 amide bonds. The SMILES string of the molecule is Cc1ccc2c(-c3cccc4ccccc34)c3cc(P(C)C)ccc3c(-c3cccc4ccccc34)c2c1. The van der Waals surface area contributed by atoms with Crippen molar-refractivity contribution in [2.45, 2.75) is 6.92 Å². The maximum Gasteiger partial charge on any atom is -0.00199 e. The monoisotopic (exact) mass is 504 g/mol. The molecule has 0 aromatic heterocycles. The highest BCUT2D eigenvalue weighted by atomic mass is 31.1. The normalized spacial score (nSPS) is 11.8. The summed E-state index contributed by atoms with van der Waals surface area (Å²) in [4.78, 5) is 0. The Morgan fingerprint density at radius 3 is 1.50 bits per heavy atom. The summed E-state index contributed by atoms with van der Waals surface area (Å²) in [6.45, 7) is 6.91. The third kappa shape index (κ3) is 3.64. The van der Waals surface area contributed by atoms with Crippen LogP contribution in [0.1, 0.15) is 5.56 Å². The van der Waals surface area contributed by atoms with Crippen LogP contribution in [0, 0.1) is 6.92 Å². The molecule has 0 heterocycles. The molecule has 0 aliphatic rings. The zero-order valence-electron chi connectivity index (χ0n) is 22.0. The fraction of sp³-hybridized carbons (Fsp3) is 0.0811. The van der Waals surface area contributed by atoms with E-state index in [1.165, 1.54) is 76.2 Å². The van der Waals surface area contributed by atoms with Crippen LogP contribution < -0.4 is 5.30 Å². The highest BCUT2D eigenvalue weighted by Gasteiger charge is 2.20. The van der Waals surface area contributed by atoms with Crippen molar-refractivity contribution in [3.8, 4) is 22.3 Å². The number of aryl methyl sites for hydroxylation is 1. The van der Waals surface area contributed by atoms with Gasteiger partial charge in [-0.2, -0.15) is 0 Å². The van der Waals surface area contributed by atoms with Crippen molar-refractivity contribution < 1.29 is 0 Å². The lowest BCUT2D eigenvalue weighted by atomic mass is 9.83. The molecule has 7 aromatic rings. The third-order valence-electron chi connectivity index (χ3n) is 7.89.